The van der Waals surface area contributed by atoms with Crippen molar-refractivity contribution >= 4 is 46.0 Å². The fourth-order valence-electron chi connectivity index (χ4n) is 2.69. The van der Waals surface area contributed by atoms with E-state index in [9.17, 15) is 14.7 Å². The molecule has 1 fully saturated rings. The smallest absolute Gasteiger partial charge is 0.326 e. The van der Waals surface area contributed by atoms with Crippen molar-refractivity contribution in [1.29, 1.82) is 0 Å². The Balaban J connectivity index is 2.02. The van der Waals surface area contributed by atoms with Crippen LogP contribution in [0.25, 0.3) is 10.9 Å². The number of aromatic nitrogens is 1. The highest BCUT2D eigenvalue weighted by Crippen LogP contribution is 2.31. The number of fused-ring (bicyclic) bond motifs is 1. The number of likely N-dealkylation sites (tertiary alicyclic amines) is 1. The van der Waals surface area contributed by atoms with Crippen molar-refractivity contribution in [2.75, 3.05) is 6.54 Å². The molecule has 2 heterocycles. The zero-order valence-corrected chi connectivity index (χ0v) is 12.4. The molecule has 2 aromatic rings. The molecule has 1 atom stereocenters. The number of carboxylic acids is 1. The number of carbonyl (C=O) groups excluding carboxylic acids is 1. The van der Waals surface area contributed by atoms with E-state index >= 15 is 0 Å². The second-order valence-corrected chi connectivity index (χ2v) is 5.81. The van der Waals surface area contributed by atoms with Crippen LogP contribution in [0.4, 0.5) is 0 Å². The number of amides is 1. The van der Waals surface area contributed by atoms with E-state index in [1.165, 1.54) is 4.90 Å². The summed E-state index contributed by atoms with van der Waals surface area (Å²) in [5.41, 5.74) is 0.904. The van der Waals surface area contributed by atoms with Crippen molar-refractivity contribution < 1.29 is 14.7 Å². The van der Waals surface area contributed by atoms with Crippen molar-refractivity contribution in [3.63, 3.8) is 0 Å². The minimum absolute atomic E-state index is 0.210. The first-order chi connectivity index (χ1) is 9.99. The number of hydrogen-bond donors (Lipinski definition) is 2. The molecule has 5 nitrogen and oxygen atoms in total. The molecule has 7 heteroatoms. The summed E-state index contributed by atoms with van der Waals surface area (Å²) >= 11 is 12.2. The largest absolute Gasteiger partial charge is 0.480 e. The summed E-state index contributed by atoms with van der Waals surface area (Å²) in [5, 5.41) is 10.6. The molecule has 0 radical (unpaired) electrons. The maximum atomic E-state index is 12.6. The van der Waals surface area contributed by atoms with Gasteiger partial charge in [-0.2, -0.15) is 0 Å². The summed E-state index contributed by atoms with van der Waals surface area (Å²) < 4.78 is 0. The van der Waals surface area contributed by atoms with Gasteiger partial charge in [0.05, 0.1) is 5.02 Å². The van der Waals surface area contributed by atoms with E-state index in [0.29, 0.717) is 35.3 Å². The van der Waals surface area contributed by atoms with Crippen LogP contribution < -0.4 is 0 Å². The van der Waals surface area contributed by atoms with Gasteiger partial charge in [-0.15, -0.1) is 0 Å². The fraction of sp³-hybridized carbons (Fsp3) is 0.286. The Morgan fingerprint density at radius 3 is 2.81 bits per heavy atom. The summed E-state index contributed by atoms with van der Waals surface area (Å²) in [7, 11) is 0. The minimum atomic E-state index is -0.990. The van der Waals surface area contributed by atoms with E-state index in [-0.39, 0.29) is 10.7 Å². The molecular weight excluding hydrogens is 315 g/mol. The van der Waals surface area contributed by atoms with Gasteiger partial charge >= 0.3 is 5.97 Å². The Kier molecular flexibility index (Phi) is 3.55. The third-order valence-electron chi connectivity index (χ3n) is 3.71. The van der Waals surface area contributed by atoms with Crippen molar-refractivity contribution in [2.45, 2.75) is 18.9 Å². The van der Waals surface area contributed by atoms with Crippen LogP contribution in [0.15, 0.2) is 18.2 Å². The normalized spacial score (nSPS) is 18.4. The van der Waals surface area contributed by atoms with Crippen LogP contribution in [0.1, 0.15) is 23.3 Å². The van der Waals surface area contributed by atoms with E-state index in [2.05, 4.69) is 4.98 Å². The fourth-order valence-corrected chi connectivity index (χ4v) is 3.15. The second-order valence-electron chi connectivity index (χ2n) is 5.00. The van der Waals surface area contributed by atoms with E-state index in [0.717, 1.165) is 0 Å². The lowest BCUT2D eigenvalue weighted by molar-refractivity contribution is -0.141. The van der Waals surface area contributed by atoms with Crippen LogP contribution in [0.2, 0.25) is 10.0 Å². The van der Waals surface area contributed by atoms with Gasteiger partial charge in [0, 0.05) is 22.5 Å². The number of aromatic amines is 1. The predicted octanol–water partition coefficient (Wildman–Crippen LogP) is 3.16. The molecule has 0 saturated carbocycles. The first kappa shape index (κ1) is 14.2. The number of nitrogens with zero attached hydrogens (tertiary/aromatic N) is 1. The number of aliphatic carboxylic acids is 1. The molecular formula is C14H12Cl2N2O3. The first-order valence-electron chi connectivity index (χ1n) is 6.49. The number of halogens is 2. The van der Waals surface area contributed by atoms with E-state index < -0.39 is 17.9 Å². The predicted molar refractivity (Wildman–Crippen MR) is 80.0 cm³/mol. The summed E-state index contributed by atoms with van der Waals surface area (Å²) in [6, 6.07) is 4.31. The number of hydrogen-bond acceptors (Lipinski definition) is 2. The molecule has 21 heavy (non-hydrogen) atoms. The highest BCUT2D eigenvalue weighted by Gasteiger charge is 2.36. The zero-order valence-electron chi connectivity index (χ0n) is 10.9. The van der Waals surface area contributed by atoms with Crippen LogP contribution >= 0.6 is 23.2 Å². The Morgan fingerprint density at radius 2 is 2.10 bits per heavy atom. The van der Waals surface area contributed by atoms with Crippen LogP contribution in [0.5, 0.6) is 0 Å². The van der Waals surface area contributed by atoms with Gasteiger partial charge in [0.15, 0.2) is 0 Å². The molecule has 1 aliphatic heterocycles. The van der Waals surface area contributed by atoms with Gasteiger partial charge in [-0.25, -0.2) is 4.79 Å². The number of nitrogens with one attached hydrogen (secondary N) is 1. The molecule has 0 spiro atoms. The highest BCUT2D eigenvalue weighted by molar-refractivity contribution is 6.39. The quantitative estimate of drug-likeness (QED) is 0.890. The molecule has 0 aliphatic carbocycles. The van der Waals surface area contributed by atoms with Crippen molar-refractivity contribution in [2.24, 2.45) is 0 Å². The van der Waals surface area contributed by atoms with Gasteiger partial charge in [-0.3, -0.25) is 4.79 Å². The van der Waals surface area contributed by atoms with Gasteiger partial charge in [-0.05, 0) is 31.0 Å². The van der Waals surface area contributed by atoms with E-state index in [1.54, 1.807) is 18.2 Å². The Hall–Kier alpha value is -1.72. The van der Waals surface area contributed by atoms with Gasteiger partial charge in [0.1, 0.15) is 11.7 Å². The Morgan fingerprint density at radius 1 is 1.33 bits per heavy atom. The summed E-state index contributed by atoms with van der Waals surface area (Å²) in [6.45, 7) is 0.419. The molecule has 3 rings (SSSR count). The summed E-state index contributed by atoms with van der Waals surface area (Å²) in [4.78, 5) is 28.0. The average molecular weight is 327 g/mol. The molecule has 1 aromatic heterocycles. The number of H-pyrrole nitrogens is 1. The van der Waals surface area contributed by atoms with Crippen LogP contribution in [0.3, 0.4) is 0 Å². The summed E-state index contributed by atoms with van der Waals surface area (Å²) in [5.74, 6) is -1.38. The minimum Gasteiger partial charge on any atom is -0.480 e. The first-order valence-corrected chi connectivity index (χ1v) is 7.25. The average Bonchev–Trinajstić information content (AvgIpc) is 3.04. The van der Waals surface area contributed by atoms with Crippen LogP contribution in [-0.4, -0.2) is 39.5 Å². The molecule has 1 amide bonds. The lowest BCUT2D eigenvalue weighted by Gasteiger charge is -2.20. The number of rotatable bonds is 2. The van der Waals surface area contributed by atoms with Gasteiger partial charge in [0.2, 0.25) is 0 Å². The van der Waals surface area contributed by atoms with Crippen molar-refractivity contribution in [3.05, 3.63) is 33.9 Å². The van der Waals surface area contributed by atoms with Gasteiger partial charge in [-0.1, -0.05) is 23.2 Å². The third-order valence-corrected chi connectivity index (χ3v) is 4.34. The summed E-state index contributed by atoms with van der Waals surface area (Å²) in [6.07, 6.45) is 1.14. The maximum Gasteiger partial charge on any atom is 0.326 e. The lowest BCUT2D eigenvalue weighted by Crippen LogP contribution is -2.40. The topological polar surface area (TPSA) is 73.4 Å². The van der Waals surface area contributed by atoms with E-state index in [4.69, 9.17) is 23.2 Å². The third kappa shape index (κ3) is 2.36. The number of benzene rings is 1. The highest BCUT2D eigenvalue weighted by atomic mass is 35.5. The Bertz CT molecular complexity index is 741. The molecule has 1 aromatic carbocycles. The maximum absolute atomic E-state index is 12.6. The standard InChI is InChI=1S/C14H12Cl2N2O3/c15-7-3-4-9-8(6-7)11(16)12(17-9)13(19)18-5-1-2-10(18)14(20)21/h3-4,6,10,17H,1-2,5H2,(H,20,21)/t10-/m0/s1. The molecule has 1 saturated heterocycles. The number of carboxylic acid groups (broad SMARTS) is 1. The van der Waals surface area contributed by atoms with E-state index in [1.807, 2.05) is 0 Å². The zero-order chi connectivity index (χ0) is 15.1. The van der Waals surface area contributed by atoms with Crippen molar-refractivity contribution in [1.82, 2.24) is 9.88 Å². The van der Waals surface area contributed by atoms with Crippen LogP contribution in [-0.2, 0) is 4.79 Å². The monoisotopic (exact) mass is 326 g/mol. The SMILES string of the molecule is O=C(O)[C@@H]1CCCN1C(=O)c1[nH]c2ccc(Cl)cc2c1Cl. The second kappa shape index (κ2) is 5.24. The molecule has 1 aliphatic rings. The molecule has 0 unspecified atom stereocenters. The number of carbonyl (C=O) groups is 2. The molecule has 2 N–H and O–H groups in total. The Labute approximate surface area is 130 Å². The molecule has 110 valence electrons. The van der Waals surface area contributed by atoms with Crippen molar-refractivity contribution in [3.8, 4) is 0 Å². The lowest BCUT2D eigenvalue weighted by atomic mass is 10.2. The van der Waals surface area contributed by atoms with Gasteiger partial charge < -0.3 is 15.0 Å². The van der Waals surface area contributed by atoms with Crippen LogP contribution in [0, 0.1) is 0 Å². The van der Waals surface area contributed by atoms with Gasteiger partial charge in [0.25, 0.3) is 5.91 Å². The molecule has 0 bridgehead atoms.